The Bertz CT molecular complexity index is 1570. The molecule has 2 aliphatic rings. The van der Waals surface area contributed by atoms with Gasteiger partial charge in [-0.2, -0.15) is 0 Å². The first-order valence-electron chi connectivity index (χ1n) is 29.0. The van der Waals surface area contributed by atoms with Crippen LogP contribution in [0.25, 0.3) is 0 Å². The normalized spacial score (nSPS) is 20.5. The minimum Gasteiger partial charge on any atom is -0.462 e. The van der Waals surface area contributed by atoms with E-state index >= 15 is 0 Å². The van der Waals surface area contributed by atoms with Crippen molar-refractivity contribution in [1.29, 1.82) is 0 Å². The summed E-state index contributed by atoms with van der Waals surface area (Å²) in [5.41, 5.74) is 0. The average molecular weight is 1090 g/mol. The second-order valence-electron chi connectivity index (χ2n) is 20.4. The van der Waals surface area contributed by atoms with E-state index in [1.165, 1.54) is 131 Å². The number of hydrogen-bond donors (Lipinski definition) is 0. The smallest absolute Gasteiger partial charge is 0.332 e. The maximum Gasteiger partial charge on any atom is 0.332 e. The van der Waals surface area contributed by atoms with E-state index in [9.17, 15) is 28.8 Å². The summed E-state index contributed by atoms with van der Waals surface area (Å²) in [6.07, 6.45) is 27.2. The van der Waals surface area contributed by atoms with Gasteiger partial charge < -0.3 is 56.8 Å². The standard InChI is InChI=1S/C58H100O18/c1-7-9-11-13-15-16-17-18-19-20-21-22-23-27-32-36-50(60)72-47(38-69-49(59)35-31-28-24-26-30-34-46-37-45(46)33-29-25-14-12-10-8-2)39-71-58-57(76-54(64)44-68-6)56(75-53(63)43-67-5)55(74-52(62)42-66-4)48(73-58)40-70-51(61)41-65-3/h18-19,45-48,55-58H,7-17,20-44H2,1-6H3/b19-18-/t45-,46+,47-,48-,55-,56+,57-,58+/m1/s1. The molecular weight excluding hydrogens is 985 g/mol. The lowest BCUT2D eigenvalue weighted by Crippen LogP contribution is -2.63. The van der Waals surface area contributed by atoms with Crippen LogP contribution >= 0.6 is 0 Å². The van der Waals surface area contributed by atoms with Gasteiger partial charge in [-0.25, -0.2) is 19.2 Å². The first-order valence-corrected chi connectivity index (χ1v) is 29.0. The highest BCUT2D eigenvalue weighted by Gasteiger charge is 2.53. The van der Waals surface area contributed by atoms with E-state index in [4.69, 9.17) is 56.8 Å². The summed E-state index contributed by atoms with van der Waals surface area (Å²) in [5, 5.41) is 0. The quantitative estimate of drug-likeness (QED) is 0.0240. The van der Waals surface area contributed by atoms with Gasteiger partial charge in [0.15, 0.2) is 30.7 Å². The van der Waals surface area contributed by atoms with Crippen LogP contribution in [0.1, 0.15) is 200 Å². The van der Waals surface area contributed by atoms with Crippen molar-refractivity contribution in [3.63, 3.8) is 0 Å². The Morgan fingerprint density at radius 2 is 0.895 bits per heavy atom. The predicted octanol–water partition coefficient (Wildman–Crippen LogP) is 10.2. The summed E-state index contributed by atoms with van der Waals surface area (Å²) < 4.78 is 66.2. The Balaban J connectivity index is 2.12. The molecule has 0 amide bonds. The number of unbranched alkanes of at least 4 members (excludes halogenated alkanes) is 20. The summed E-state index contributed by atoms with van der Waals surface area (Å²) in [7, 11) is 5.08. The van der Waals surface area contributed by atoms with Crippen LogP contribution in [0.3, 0.4) is 0 Å². The number of ether oxygens (including phenoxy) is 12. The van der Waals surface area contributed by atoms with Gasteiger partial charge in [-0.3, -0.25) is 9.59 Å². The Labute approximate surface area is 455 Å². The number of allylic oxidation sites excluding steroid dienone is 2. The van der Waals surface area contributed by atoms with Crippen LogP contribution < -0.4 is 0 Å². The fourth-order valence-corrected chi connectivity index (χ4v) is 9.37. The summed E-state index contributed by atoms with van der Waals surface area (Å²) >= 11 is 0. The highest BCUT2D eigenvalue weighted by molar-refractivity contribution is 5.73. The Kier molecular flexibility index (Phi) is 40.7. The zero-order valence-corrected chi connectivity index (χ0v) is 47.6. The molecule has 0 spiro atoms. The van der Waals surface area contributed by atoms with E-state index in [1.807, 2.05) is 0 Å². The van der Waals surface area contributed by atoms with E-state index < -0.39 is 112 Å². The van der Waals surface area contributed by atoms with Gasteiger partial charge in [0.25, 0.3) is 0 Å². The zero-order valence-electron chi connectivity index (χ0n) is 47.6. The minimum absolute atomic E-state index is 0.112. The molecule has 76 heavy (non-hydrogen) atoms. The highest BCUT2D eigenvalue weighted by atomic mass is 16.7. The molecule has 0 unspecified atom stereocenters. The van der Waals surface area contributed by atoms with Gasteiger partial charge in [0.05, 0.1) is 6.61 Å². The Morgan fingerprint density at radius 1 is 0.461 bits per heavy atom. The molecule has 1 aliphatic carbocycles. The molecule has 0 aromatic carbocycles. The second-order valence-corrected chi connectivity index (χ2v) is 20.4. The first kappa shape index (κ1) is 68.4. The van der Waals surface area contributed by atoms with Crippen molar-refractivity contribution < 1.29 is 85.6 Å². The van der Waals surface area contributed by atoms with Crippen molar-refractivity contribution in [2.45, 2.75) is 237 Å². The molecular formula is C58H100O18. The number of rotatable bonds is 49. The number of hydrogen-bond acceptors (Lipinski definition) is 18. The van der Waals surface area contributed by atoms with Crippen LogP contribution in [-0.2, 0) is 85.6 Å². The number of carbonyl (C=O) groups is 6. The summed E-state index contributed by atoms with van der Waals surface area (Å²) in [4.78, 5) is 78.0. The van der Waals surface area contributed by atoms with Gasteiger partial charge in [-0.05, 0) is 56.8 Å². The molecule has 1 heterocycles. The number of carbonyl (C=O) groups excluding carboxylic acids is 6. The molecule has 0 aromatic rings. The van der Waals surface area contributed by atoms with Crippen molar-refractivity contribution >= 4 is 35.8 Å². The van der Waals surface area contributed by atoms with Crippen LogP contribution in [-0.4, -0.2) is 147 Å². The summed E-state index contributed by atoms with van der Waals surface area (Å²) in [6.45, 7) is 1.05. The molecule has 18 nitrogen and oxygen atoms in total. The van der Waals surface area contributed by atoms with Gasteiger partial charge in [-0.15, -0.1) is 0 Å². The molecule has 2 rings (SSSR count). The second kappa shape index (κ2) is 45.2. The maximum atomic E-state index is 13.4. The van der Waals surface area contributed by atoms with E-state index in [0.717, 1.165) is 69.6 Å². The molecule has 0 radical (unpaired) electrons. The van der Waals surface area contributed by atoms with Crippen LogP contribution in [0.4, 0.5) is 0 Å². The monoisotopic (exact) mass is 1080 g/mol. The topological polar surface area (TPSA) is 213 Å². The average Bonchev–Trinajstić information content (AvgIpc) is 4.15. The first-order chi connectivity index (χ1) is 37.0. The molecule has 0 N–H and O–H groups in total. The molecule has 1 saturated heterocycles. The van der Waals surface area contributed by atoms with Crippen molar-refractivity contribution in [2.24, 2.45) is 11.8 Å². The van der Waals surface area contributed by atoms with Gasteiger partial charge >= 0.3 is 35.8 Å². The van der Waals surface area contributed by atoms with Gasteiger partial charge in [-0.1, -0.05) is 154 Å². The number of esters is 6. The molecule has 440 valence electrons. The lowest BCUT2D eigenvalue weighted by Gasteiger charge is -2.44. The van der Waals surface area contributed by atoms with Gasteiger partial charge in [0, 0.05) is 41.3 Å². The lowest BCUT2D eigenvalue weighted by molar-refractivity contribution is -0.313. The SMILES string of the molecule is CCCCCCCC/C=C\CCCCCCCC(=O)O[C@H](COC(=O)CCCCCCC[C@H]1C[C@H]1CCCCCCCC)CO[C@H]1O[C@H](COC(=O)COC)[C@@H](OC(=O)COC)[C@H](OC(=O)COC)[C@H]1OC(=O)COC. The molecule has 8 atom stereocenters. The third kappa shape index (κ3) is 33.6. The van der Waals surface area contributed by atoms with Crippen molar-refractivity contribution in [1.82, 2.24) is 0 Å². The maximum absolute atomic E-state index is 13.4. The van der Waals surface area contributed by atoms with Crippen LogP contribution in [0.2, 0.25) is 0 Å². The van der Waals surface area contributed by atoms with E-state index in [2.05, 4.69) is 26.0 Å². The lowest BCUT2D eigenvalue weighted by atomic mass is 9.98. The molecule has 1 saturated carbocycles. The third-order valence-corrected chi connectivity index (χ3v) is 13.6. The van der Waals surface area contributed by atoms with E-state index in [0.29, 0.717) is 12.8 Å². The van der Waals surface area contributed by atoms with Gasteiger partial charge in [0.1, 0.15) is 45.7 Å². The van der Waals surface area contributed by atoms with Crippen molar-refractivity contribution in [2.75, 3.05) is 74.7 Å². The van der Waals surface area contributed by atoms with E-state index in [-0.39, 0.29) is 19.4 Å². The minimum atomic E-state index is -1.65. The van der Waals surface area contributed by atoms with Crippen molar-refractivity contribution in [3.05, 3.63) is 12.2 Å². The zero-order chi connectivity index (χ0) is 55.4. The highest BCUT2D eigenvalue weighted by Crippen LogP contribution is 2.46. The van der Waals surface area contributed by atoms with Crippen LogP contribution in [0, 0.1) is 11.8 Å². The number of methoxy groups -OCH3 is 4. The summed E-state index contributed by atoms with van der Waals surface area (Å²) in [5.74, 6) is -2.78. The van der Waals surface area contributed by atoms with Gasteiger partial charge in [0.2, 0.25) is 0 Å². The van der Waals surface area contributed by atoms with Crippen LogP contribution in [0.5, 0.6) is 0 Å². The molecule has 1 aliphatic heterocycles. The molecule has 18 heteroatoms. The van der Waals surface area contributed by atoms with Crippen LogP contribution in [0.15, 0.2) is 12.2 Å². The largest absolute Gasteiger partial charge is 0.462 e. The fraction of sp³-hybridized carbons (Fsp3) is 0.862. The predicted molar refractivity (Wildman–Crippen MR) is 285 cm³/mol. The third-order valence-electron chi connectivity index (χ3n) is 13.6. The molecule has 0 bridgehead atoms. The van der Waals surface area contributed by atoms with E-state index in [1.54, 1.807) is 0 Å². The summed E-state index contributed by atoms with van der Waals surface area (Å²) in [6, 6.07) is 0. The Hall–Kier alpha value is -3.68. The fourth-order valence-electron chi connectivity index (χ4n) is 9.37. The Morgan fingerprint density at radius 3 is 1.41 bits per heavy atom. The van der Waals surface area contributed by atoms with Crippen molar-refractivity contribution in [3.8, 4) is 0 Å². The molecule has 2 fully saturated rings. The molecule has 0 aromatic heterocycles.